The highest BCUT2D eigenvalue weighted by molar-refractivity contribution is 5.97. The van der Waals surface area contributed by atoms with E-state index in [1.807, 2.05) is 24.3 Å². The van der Waals surface area contributed by atoms with Gasteiger partial charge in [-0.1, -0.05) is 6.58 Å². The highest BCUT2D eigenvalue weighted by Gasteiger charge is 2.28. The second-order valence-corrected chi connectivity index (χ2v) is 7.76. The van der Waals surface area contributed by atoms with Crippen molar-refractivity contribution in [1.29, 1.82) is 0 Å². The summed E-state index contributed by atoms with van der Waals surface area (Å²) in [4.78, 5) is 33.7. The molecule has 1 atom stereocenters. The fourth-order valence-electron chi connectivity index (χ4n) is 4.06. The minimum Gasteiger partial charge on any atom is -0.365 e. The molecular weight excluding hydrogens is 422 g/mol. The van der Waals surface area contributed by atoms with Crippen LogP contribution in [0.5, 0.6) is 0 Å². The van der Waals surface area contributed by atoms with Crippen molar-refractivity contribution in [3.63, 3.8) is 0 Å². The van der Waals surface area contributed by atoms with Crippen molar-refractivity contribution in [2.45, 2.75) is 12.5 Å². The normalized spacial score (nSPS) is 16.2. The lowest BCUT2D eigenvalue weighted by molar-refractivity contribution is -0.144. The number of carbonyl (C=O) groups excluding carboxylic acids is 2. The Morgan fingerprint density at radius 1 is 1.27 bits per heavy atom. The molecule has 1 fully saturated rings. The van der Waals surface area contributed by atoms with Crippen molar-refractivity contribution in [1.82, 2.24) is 35.0 Å². The Bertz CT molecular complexity index is 1340. The predicted molar refractivity (Wildman–Crippen MR) is 121 cm³/mol. The van der Waals surface area contributed by atoms with Gasteiger partial charge in [0.15, 0.2) is 6.10 Å². The first-order valence-electron chi connectivity index (χ1n) is 10.7. The number of ether oxygens (including phenoxy) is 1. The number of pyridine rings is 1. The Kier molecular flexibility index (Phi) is 5.57. The predicted octanol–water partition coefficient (Wildman–Crippen LogP) is 1.34. The third kappa shape index (κ3) is 4.08. The highest BCUT2D eigenvalue weighted by atomic mass is 16.5. The molecule has 0 radical (unpaired) electrons. The molecule has 33 heavy (non-hydrogen) atoms. The van der Waals surface area contributed by atoms with Crippen LogP contribution in [0.4, 0.5) is 0 Å². The van der Waals surface area contributed by atoms with Crippen LogP contribution in [0.1, 0.15) is 5.69 Å². The number of amides is 2. The quantitative estimate of drug-likeness (QED) is 0.433. The van der Waals surface area contributed by atoms with Crippen molar-refractivity contribution in [2.75, 3.05) is 26.2 Å². The number of aromatic amines is 1. The van der Waals surface area contributed by atoms with Crippen molar-refractivity contribution in [2.24, 2.45) is 0 Å². The number of H-pyrrole nitrogens is 1. The number of aromatic nitrogens is 5. The Morgan fingerprint density at radius 2 is 2.18 bits per heavy atom. The fraction of sp³-hybridized carbons (Fsp3) is 0.261. The zero-order valence-corrected chi connectivity index (χ0v) is 17.9. The lowest BCUT2D eigenvalue weighted by Crippen LogP contribution is -2.51. The molecule has 5 heterocycles. The maximum Gasteiger partial charge on any atom is 0.251 e. The molecule has 0 spiro atoms. The number of hydrogen-bond acceptors (Lipinski definition) is 6. The second-order valence-electron chi connectivity index (χ2n) is 7.76. The van der Waals surface area contributed by atoms with Crippen molar-refractivity contribution < 1.29 is 14.3 Å². The Balaban J connectivity index is 1.27. The number of nitrogens with zero attached hydrogens (tertiary/aromatic N) is 5. The highest BCUT2D eigenvalue weighted by Crippen LogP contribution is 2.30. The van der Waals surface area contributed by atoms with Gasteiger partial charge in [0.2, 0.25) is 5.91 Å². The second kappa shape index (κ2) is 8.83. The summed E-state index contributed by atoms with van der Waals surface area (Å²) in [6.45, 7) is 4.94. The van der Waals surface area contributed by atoms with Crippen molar-refractivity contribution in [3.8, 4) is 11.1 Å². The summed E-state index contributed by atoms with van der Waals surface area (Å²) in [7, 11) is 0. The zero-order valence-electron chi connectivity index (χ0n) is 17.9. The smallest absolute Gasteiger partial charge is 0.251 e. The minimum atomic E-state index is -0.678. The lowest BCUT2D eigenvalue weighted by atomic mass is 10.1. The molecule has 0 bridgehead atoms. The number of fused-ring (bicyclic) bond motifs is 2. The molecule has 0 unspecified atom stereocenters. The molecule has 5 rings (SSSR count). The maximum atomic E-state index is 12.5. The van der Waals surface area contributed by atoms with E-state index >= 15 is 0 Å². The van der Waals surface area contributed by atoms with Crippen molar-refractivity contribution in [3.05, 3.63) is 61.2 Å². The molecule has 1 saturated heterocycles. The Labute approximate surface area is 189 Å². The monoisotopic (exact) mass is 445 g/mol. The summed E-state index contributed by atoms with van der Waals surface area (Å²) in [6.07, 6.45) is 6.43. The van der Waals surface area contributed by atoms with Gasteiger partial charge < -0.3 is 19.9 Å². The molecule has 0 aliphatic carbocycles. The molecule has 10 heteroatoms. The molecule has 2 amide bonds. The van der Waals surface area contributed by atoms with Crippen LogP contribution in [-0.4, -0.2) is 73.9 Å². The summed E-state index contributed by atoms with van der Waals surface area (Å²) in [5.74, 6) is -0.426. The van der Waals surface area contributed by atoms with Crippen LogP contribution < -0.4 is 5.32 Å². The van der Waals surface area contributed by atoms with Gasteiger partial charge >= 0.3 is 0 Å². The summed E-state index contributed by atoms with van der Waals surface area (Å²) in [6, 6.07) is 7.86. The molecule has 10 nitrogen and oxygen atoms in total. The van der Waals surface area contributed by atoms with Gasteiger partial charge in [-0.2, -0.15) is 14.8 Å². The number of hydrogen-bond donors (Lipinski definition) is 2. The van der Waals surface area contributed by atoms with E-state index in [4.69, 9.17) is 4.74 Å². The largest absolute Gasteiger partial charge is 0.365 e. The van der Waals surface area contributed by atoms with E-state index in [0.29, 0.717) is 26.1 Å². The minimum absolute atomic E-state index is 0.195. The molecule has 4 aromatic heterocycles. The first kappa shape index (κ1) is 20.8. The first-order valence-corrected chi connectivity index (χ1v) is 10.7. The van der Waals surface area contributed by atoms with E-state index in [0.717, 1.165) is 33.4 Å². The Hall–Kier alpha value is -4.05. The number of carbonyl (C=O) groups is 2. The summed E-state index contributed by atoms with van der Waals surface area (Å²) < 4.78 is 7.14. The third-order valence-corrected chi connectivity index (χ3v) is 5.72. The van der Waals surface area contributed by atoms with Gasteiger partial charge in [0.25, 0.3) is 5.91 Å². The van der Waals surface area contributed by atoms with Crippen LogP contribution in [0.3, 0.4) is 0 Å². The van der Waals surface area contributed by atoms with E-state index in [-0.39, 0.29) is 18.4 Å². The van der Waals surface area contributed by atoms with E-state index < -0.39 is 6.10 Å². The zero-order chi connectivity index (χ0) is 22.8. The first-order chi connectivity index (χ1) is 16.1. The molecule has 1 aliphatic heterocycles. The van der Waals surface area contributed by atoms with Gasteiger partial charge in [0.05, 0.1) is 24.9 Å². The maximum absolute atomic E-state index is 12.5. The van der Waals surface area contributed by atoms with E-state index in [2.05, 4.69) is 32.1 Å². The third-order valence-electron chi connectivity index (χ3n) is 5.72. The van der Waals surface area contributed by atoms with Gasteiger partial charge in [0.1, 0.15) is 5.65 Å². The molecule has 168 valence electrons. The SMILES string of the molecule is C=CC(=O)N1CCO[C@@H](C(=O)NCCc2cc3c(-c4cnn5ncccc45)ccnc3[nH]2)C1. The van der Waals surface area contributed by atoms with Crippen LogP contribution in [0.15, 0.2) is 55.5 Å². The van der Waals surface area contributed by atoms with Crippen molar-refractivity contribution >= 4 is 28.4 Å². The van der Waals surface area contributed by atoms with E-state index in [9.17, 15) is 9.59 Å². The average Bonchev–Trinajstić information content (AvgIpc) is 3.47. The summed E-state index contributed by atoms with van der Waals surface area (Å²) in [5, 5.41) is 12.4. The summed E-state index contributed by atoms with van der Waals surface area (Å²) >= 11 is 0. The molecular formula is C23H23N7O3. The van der Waals surface area contributed by atoms with Gasteiger partial charge in [0, 0.05) is 48.5 Å². The van der Waals surface area contributed by atoms with Crippen LogP contribution in [0.25, 0.3) is 27.7 Å². The van der Waals surface area contributed by atoms with Gasteiger partial charge in [-0.15, -0.1) is 0 Å². The number of nitrogens with one attached hydrogen (secondary N) is 2. The van der Waals surface area contributed by atoms with E-state index in [1.54, 1.807) is 28.1 Å². The standard InChI is InChI=1S/C23H23N7O3/c1-2-21(31)29-10-11-33-20(14-29)23(32)25-8-5-15-12-17-16(6-9-24-22(17)28-15)18-13-27-30-19(18)4-3-7-26-30/h2-4,6-7,9,12-13,20H,1,5,8,10-11,14H2,(H,24,28)(H,25,32)/t20-/m1/s1. The average molecular weight is 445 g/mol. The summed E-state index contributed by atoms with van der Waals surface area (Å²) in [5.41, 5.74) is 4.62. The van der Waals surface area contributed by atoms with Crippen LogP contribution in [0, 0.1) is 0 Å². The van der Waals surface area contributed by atoms with Crippen LogP contribution >= 0.6 is 0 Å². The number of rotatable bonds is 6. The van der Waals surface area contributed by atoms with Gasteiger partial charge in [-0.05, 0) is 35.9 Å². The fourth-order valence-corrected chi connectivity index (χ4v) is 4.06. The number of morpholine rings is 1. The van der Waals surface area contributed by atoms with Crippen LogP contribution in [-0.2, 0) is 20.7 Å². The van der Waals surface area contributed by atoms with Gasteiger partial charge in [-0.3, -0.25) is 9.59 Å². The van der Waals surface area contributed by atoms with Gasteiger partial charge in [-0.25, -0.2) is 4.98 Å². The molecule has 1 aliphatic rings. The molecule has 2 N–H and O–H groups in total. The topological polar surface area (TPSA) is 118 Å². The molecule has 0 aromatic carbocycles. The van der Waals surface area contributed by atoms with E-state index in [1.165, 1.54) is 6.08 Å². The molecule has 4 aromatic rings. The van der Waals surface area contributed by atoms with Crippen LogP contribution in [0.2, 0.25) is 0 Å². The lowest BCUT2D eigenvalue weighted by Gasteiger charge is -2.31. The Morgan fingerprint density at radius 3 is 3.06 bits per heavy atom. The molecule has 0 saturated carbocycles.